The zero-order valence-corrected chi connectivity index (χ0v) is 24.6. The summed E-state index contributed by atoms with van der Waals surface area (Å²) in [5.74, 6) is 0. The van der Waals surface area contributed by atoms with E-state index in [0.717, 1.165) is 33.6 Å². The van der Waals surface area contributed by atoms with E-state index >= 15 is 0 Å². The van der Waals surface area contributed by atoms with Gasteiger partial charge >= 0.3 is 0 Å². The van der Waals surface area contributed by atoms with E-state index < -0.39 is 5.41 Å². The maximum Gasteiger partial charge on any atom is 0.135 e. The van der Waals surface area contributed by atoms with E-state index in [9.17, 15) is 0 Å². The van der Waals surface area contributed by atoms with Gasteiger partial charge in [0.05, 0.1) is 5.41 Å². The smallest absolute Gasteiger partial charge is 0.135 e. The van der Waals surface area contributed by atoms with Gasteiger partial charge in [0.15, 0.2) is 0 Å². The molecule has 2 aromatic carbocycles. The molecular formula is C39H40O. The van der Waals surface area contributed by atoms with Crippen molar-refractivity contribution in [2.75, 3.05) is 0 Å². The monoisotopic (exact) mass is 524 g/mol. The molecule has 1 aliphatic rings. The Kier molecular flexibility index (Phi) is 8.45. The Morgan fingerprint density at radius 2 is 1.77 bits per heavy atom. The number of furan rings is 1. The number of fused-ring (bicyclic) bond motifs is 2. The van der Waals surface area contributed by atoms with E-state index in [4.69, 9.17) is 4.42 Å². The average Bonchev–Trinajstić information content (AvgIpc) is 3.43. The Morgan fingerprint density at radius 3 is 2.48 bits per heavy atom. The van der Waals surface area contributed by atoms with Crippen LogP contribution in [0.2, 0.25) is 0 Å². The van der Waals surface area contributed by atoms with Crippen molar-refractivity contribution in [3.8, 4) is 0 Å². The molecule has 0 aliphatic heterocycles. The summed E-state index contributed by atoms with van der Waals surface area (Å²) in [4.78, 5) is 0. The third kappa shape index (κ3) is 4.89. The highest BCUT2D eigenvalue weighted by Crippen LogP contribution is 2.55. The third-order valence-corrected chi connectivity index (χ3v) is 8.15. The first-order chi connectivity index (χ1) is 19.2. The normalized spacial score (nSPS) is 18.6. The van der Waals surface area contributed by atoms with Crippen molar-refractivity contribution in [2.24, 2.45) is 0 Å². The molecule has 0 saturated carbocycles. The summed E-state index contributed by atoms with van der Waals surface area (Å²) < 4.78 is 5.89. The molecule has 1 unspecified atom stereocenters. The second-order valence-electron chi connectivity index (χ2n) is 10.6. The number of hydrogen-bond donors (Lipinski definition) is 0. The minimum absolute atomic E-state index is 0.450. The minimum Gasteiger partial charge on any atom is -0.456 e. The van der Waals surface area contributed by atoms with Gasteiger partial charge < -0.3 is 4.42 Å². The molecule has 0 saturated heterocycles. The van der Waals surface area contributed by atoms with Crippen molar-refractivity contribution < 1.29 is 4.42 Å². The van der Waals surface area contributed by atoms with Crippen LogP contribution in [-0.2, 0) is 5.41 Å². The third-order valence-electron chi connectivity index (χ3n) is 8.15. The van der Waals surface area contributed by atoms with Crippen LogP contribution >= 0.6 is 0 Å². The van der Waals surface area contributed by atoms with Crippen molar-refractivity contribution in [1.29, 1.82) is 0 Å². The number of rotatable bonds is 9. The maximum atomic E-state index is 5.89. The number of benzene rings is 2. The molecule has 1 heterocycles. The Balaban J connectivity index is 1.69. The van der Waals surface area contributed by atoms with Gasteiger partial charge in [-0.25, -0.2) is 0 Å². The molecule has 1 aliphatic carbocycles. The SMILES string of the molecule is C=C/C=C\C1=C(C)c2ccccc2C1(C(=C)C=C)/C(C)=C/C/C(C)=C/C=C(\C)c1ccc2o/c(=C/C)c(=C)c2c1. The van der Waals surface area contributed by atoms with Gasteiger partial charge in [-0.2, -0.15) is 0 Å². The summed E-state index contributed by atoms with van der Waals surface area (Å²) in [5, 5.41) is 2.00. The van der Waals surface area contributed by atoms with E-state index in [2.05, 4.69) is 115 Å². The van der Waals surface area contributed by atoms with E-state index in [1.807, 2.05) is 37.3 Å². The van der Waals surface area contributed by atoms with Crippen LogP contribution in [0.3, 0.4) is 0 Å². The maximum absolute atomic E-state index is 5.89. The lowest BCUT2D eigenvalue weighted by Crippen LogP contribution is -2.29. The fraction of sp³-hybridized carbons (Fsp3) is 0.179. The van der Waals surface area contributed by atoms with Gasteiger partial charge in [0, 0.05) is 10.6 Å². The zero-order valence-electron chi connectivity index (χ0n) is 24.6. The van der Waals surface area contributed by atoms with Gasteiger partial charge in [-0.1, -0.05) is 110 Å². The van der Waals surface area contributed by atoms with Crippen LogP contribution in [0.4, 0.5) is 0 Å². The van der Waals surface area contributed by atoms with E-state index in [-0.39, 0.29) is 0 Å². The fourth-order valence-electron chi connectivity index (χ4n) is 5.84. The summed E-state index contributed by atoms with van der Waals surface area (Å²) >= 11 is 0. The van der Waals surface area contributed by atoms with Crippen LogP contribution in [0, 0.1) is 0 Å². The van der Waals surface area contributed by atoms with Gasteiger partial charge in [0.2, 0.25) is 0 Å². The molecule has 0 radical (unpaired) electrons. The Hall–Kier alpha value is -4.36. The summed E-state index contributed by atoms with van der Waals surface area (Å²) in [6.45, 7) is 27.5. The molecule has 4 rings (SSSR count). The fourth-order valence-corrected chi connectivity index (χ4v) is 5.84. The van der Waals surface area contributed by atoms with Gasteiger partial charge in [-0.3, -0.25) is 0 Å². The second kappa shape index (κ2) is 11.8. The number of allylic oxidation sites excluding steroid dienone is 13. The highest BCUT2D eigenvalue weighted by molar-refractivity contribution is 5.86. The molecule has 3 aromatic rings. The van der Waals surface area contributed by atoms with Crippen molar-refractivity contribution in [3.05, 3.63) is 154 Å². The Morgan fingerprint density at radius 1 is 1.02 bits per heavy atom. The van der Waals surface area contributed by atoms with Crippen LogP contribution < -0.4 is 10.6 Å². The molecule has 0 fully saturated rings. The van der Waals surface area contributed by atoms with Gasteiger partial charge in [-0.05, 0) is 98.2 Å². The first-order valence-electron chi connectivity index (χ1n) is 13.8. The molecule has 0 spiro atoms. The van der Waals surface area contributed by atoms with Crippen molar-refractivity contribution >= 4 is 34.8 Å². The highest BCUT2D eigenvalue weighted by Gasteiger charge is 2.45. The van der Waals surface area contributed by atoms with Crippen molar-refractivity contribution in [1.82, 2.24) is 0 Å². The molecule has 0 amide bonds. The summed E-state index contributed by atoms with van der Waals surface area (Å²) in [7, 11) is 0. The molecule has 1 nitrogen and oxygen atoms in total. The lowest BCUT2D eigenvalue weighted by Gasteiger charge is -2.36. The van der Waals surface area contributed by atoms with Crippen LogP contribution in [-0.4, -0.2) is 0 Å². The largest absolute Gasteiger partial charge is 0.456 e. The van der Waals surface area contributed by atoms with Crippen LogP contribution in [0.1, 0.15) is 57.7 Å². The van der Waals surface area contributed by atoms with Crippen LogP contribution in [0.5, 0.6) is 0 Å². The molecule has 1 aromatic heterocycles. The van der Waals surface area contributed by atoms with Crippen LogP contribution in [0.15, 0.2) is 131 Å². The lowest BCUT2D eigenvalue weighted by molar-refractivity contribution is 0.575. The molecule has 1 atom stereocenters. The van der Waals surface area contributed by atoms with Crippen molar-refractivity contribution in [3.63, 3.8) is 0 Å². The summed E-state index contributed by atoms with van der Waals surface area (Å²) in [6, 6.07) is 15.0. The summed E-state index contributed by atoms with van der Waals surface area (Å²) in [5.41, 5.74) is 12.1. The molecule has 40 heavy (non-hydrogen) atoms. The second-order valence-corrected chi connectivity index (χ2v) is 10.6. The zero-order chi connectivity index (χ0) is 29.0. The minimum atomic E-state index is -0.450. The average molecular weight is 525 g/mol. The van der Waals surface area contributed by atoms with E-state index in [1.165, 1.54) is 44.6 Å². The van der Waals surface area contributed by atoms with E-state index in [1.54, 1.807) is 0 Å². The molecule has 1 heteroatoms. The highest BCUT2D eigenvalue weighted by atomic mass is 16.3. The molecule has 0 N–H and O–H groups in total. The first-order valence-corrected chi connectivity index (χ1v) is 13.8. The summed E-state index contributed by atoms with van der Waals surface area (Å²) in [6.07, 6.45) is 17.5. The Labute approximate surface area is 239 Å². The standard InChI is InChI=1S/C39H40O/c1-10-13-17-35-30(8)33-16-14-15-18-36(33)39(35,28(6)11-2)29(7)22-20-26(4)19-21-27(5)32-23-24-38-34(25-32)31(9)37(12-3)40-38/h10-19,21-25H,1-2,6,9,20H2,3-5,7-8H3/b17-13-,26-19+,27-21+,29-22+,37-12+. The predicted octanol–water partition coefficient (Wildman–Crippen LogP) is 9.54. The van der Waals surface area contributed by atoms with Gasteiger partial charge in [0.1, 0.15) is 11.0 Å². The quantitative estimate of drug-likeness (QED) is 0.201. The van der Waals surface area contributed by atoms with E-state index in [0.29, 0.717) is 0 Å². The first kappa shape index (κ1) is 28.6. The number of hydrogen-bond acceptors (Lipinski definition) is 1. The lowest BCUT2D eigenvalue weighted by atomic mass is 9.66. The molecular weight excluding hydrogens is 484 g/mol. The van der Waals surface area contributed by atoms with Crippen molar-refractivity contribution in [2.45, 2.75) is 46.5 Å². The van der Waals surface area contributed by atoms with Crippen LogP contribution in [0.25, 0.3) is 34.8 Å². The van der Waals surface area contributed by atoms with Gasteiger partial charge in [0.25, 0.3) is 0 Å². The topological polar surface area (TPSA) is 13.1 Å². The molecule has 0 bridgehead atoms. The van der Waals surface area contributed by atoms with Gasteiger partial charge in [-0.15, -0.1) is 0 Å². The molecule has 202 valence electrons. The predicted molar refractivity (Wildman–Crippen MR) is 176 cm³/mol. The Bertz CT molecular complexity index is 1770.